The minimum atomic E-state index is -2.81. The molecule has 0 spiro atoms. The van der Waals surface area contributed by atoms with Gasteiger partial charge in [0.15, 0.2) is 0 Å². The van der Waals surface area contributed by atoms with E-state index in [1.807, 2.05) is 6.92 Å². The van der Waals surface area contributed by atoms with E-state index in [4.69, 9.17) is 16.7 Å². The van der Waals surface area contributed by atoms with Gasteiger partial charge in [-0.15, -0.1) is 0 Å². The highest BCUT2D eigenvalue weighted by atomic mass is 32.7. The summed E-state index contributed by atoms with van der Waals surface area (Å²) in [6.45, 7) is 4.43. The van der Waals surface area contributed by atoms with Gasteiger partial charge in [-0.05, 0) is 24.7 Å². The van der Waals surface area contributed by atoms with Gasteiger partial charge in [0, 0.05) is 17.5 Å². The number of thiocarbonyl (C=S) groups is 1. The van der Waals surface area contributed by atoms with Crippen molar-refractivity contribution < 1.29 is 9.09 Å². The van der Waals surface area contributed by atoms with Gasteiger partial charge in [0.2, 0.25) is 0 Å². The lowest BCUT2D eigenvalue weighted by atomic mass is 10.4. The normalized spacial score (nSPS) is 22.2. The monoisotopic (exact) mass is 299 g/mol. The molecule has 94 valence electrons. The van der Waals surface area contributed by atoms with Crippen LogP contribution in [0.25, 0.3) is 0 Å². The smallest absolute Gasteiger partial charge is 0.306 e. The maximum atomic E-state index is 12.8. The molecule has 1 aliphatic heterocycles. The molecular weight excluding hydrogens is 281 g/mol. The van der Waals surface area contributed by atoms with Gasteiger partial charge in [-0.25, -0.2) is 0 Å². The van der Waals surface area contributed by atoms with E-state index >= 15 is 0 Å². The van der Waals surface area contributed by atoms with Crippen molar-refractivity contribution >= 4 is 46.4 Å². The van der Waals surface area contributed by atoms with Gasteiger partial charge in [-0.3, -0.25) is 9.24 Å². The Morgan fingerprint density at radius 2 is 2.38 bits per heavy atom. The maximum Gasteiger partial charge on any atom is 0.354 e. The van der Waals surface area contributed by atoms with Crippen molar-refractivity contribution in [2.24, 2.45) is 0 Å². The highest BCUT2D eigenvalue weighted by Crippen LogP contribution is 2.66. The zero-order valence-corrected chi connectivity index (χ0v) is 13.2. The molecule has 1 rings (SSSR count). The second-order valence-electron chi connectivity index (χ2n) is 3.45. The molecule has 2 atom stereocenters. The van der Waals surface area contributed by atoms with Gasteiger partial charge >= 0.3 is 6.72 Å². The van der Waals surface area contributed by atoms with Crippen molar-refractivity contribution in [1.82, 2.24) is 4.67 Å². The average molecular weight is 299 g/mol. The van der Waals surface area contributed by atoms with Crippen molar-refractivity contribution in [3.05, 3.63) is 0 Å². The molecule has 1 fully saturated rings. The second kappa shape index (κ2) is 6.64. The van der Waals surface area contributed by atoms with Crippen LogP contribution < -0.4 is 0 Å². The second-order valence-corrected chi connectivity index (χ2v) is 9.89. The lowest BCUT2D eigenvalue weighted by Gasteiger charge is -2.28. The topological polar surface area (TPSA) is 29.5 Å². The van der Waals surface area contributed by atoms with E-state index in [2.05, 4.69) is 13.8 Å². The molecule has 2 unspecified atom stereocenters. The molecule has 0 aliphatic carbocycles. The molecule has 0 radical (unpaired) electrons. The summed E-state index contributed by atoms with van der Waals surface area (Å²) < 4.78 is 20.8. The molecule has 1 aliphatic rings. The SMILES string of the molecule is CCOP(=O)(SC(C)CC)N1CCSC1=S. The number of hydrogen-bond donors (Lipinski definition) is 0. The van der Waals surface area contributed by atoms with Crippen LogP contribution in [0.5, 0.6) is 0 Å². The fraction of sp³-hybridized carbons (Fsp3) is 0.889. The lowest BCUT2D eigenvalue weighted by Crippen LogP contribution is -2.20. The van der Waals surface area contributed by atoms with Gasteiger partial charge in [0.1, 0.15) is 4.32 Å². The van der Waals surface area contributed by atoms with Crippen molar-refractivity contribution in [3.8, 4) is 0 Å². The standard InChI is InChI=1S/C9H18NO2PS3/c1-4-8(3)16-13(11,12-5-2)10-6-7-15-9(10)14/h8H,4-7H2,1-3H3. The Morgan fingerprint density at radius 3 is 2.81 bits per heavy atom. The first kappa shape index (κ1) is 14.8. The predicted molar refractivity (Wildman–Crippen MR) is 78.3 cm³/mol. The third kappa shape index (κ3) is 3.64. The van der Waals surface area contributed by atoms with E-state index < -0.39 is 6.72 Å². The summed E-state index contributed by atoms with van der Waals surface area (Å²) in [6.07, 6.45) is 0.982. The first-order valence-corrected chi connectivity index (χ1v) is 9.86. The fourth-order valence-electron chi connectivity index (χ4n) is 1.23. The highest BCUT2D eigenvalue weighted by molar-refractivity contribution is 8.56. The minimum absolute atomic E-state index is 0.325. The molecule has 0 aromatic carbocycles. The summed E-state index contributed by atoms with van der Waals surface area (Å²) >= 11 is 8.23. The number of thioether (sulfide) groups is 1. The Hall–Kier alpha value is 0.780. The summed E-state index contributed by atoms with van der Waals surface area (Å²) in [7, 11) is 0. The molecule has 0 amide bonds. The summed E-state index contributed by atoms with van der Waals surface area (Å²) in [5, 5.41) is 0.325. The zero-order chi connectivity index (χ0) is 12.2. The van der Waals surface area contributed by atoms with Crippen LogP contribution in [0, 0.1) is 0 Å². The van der Waals surface area contributed by atoms with Crippen LogP contribution in [0.3, 0.4) is 0 Å². The van der Waals surface area contributed by atoms with E-state index in [1.165, 1.54) is 11.4 Å². The summed E-state index contributed by atoms with van der Waals surface area (Å²) in [4.78, 5) is 0. The molecule has 16 heavy (non-hydrogen) atoms. The van der Waals surface area contributed by atoms with Crippen molar-refractivity contribution in [3.63, 3.8) is 0 Å². The number of hydrogen-bond acceptors (Lipinski definition) is 5. The molecule has 0 bridgehead atoms. The van der Waals surface area contributed by atoms with Crippen molar-refractivity contribution in [1.29, 1.82) is 0 Å². The van der Waals surface area contributed by atoms with Gasteiger partial charge in [-0.2, -0.15) is 0 Å². The van der Waals surface area contributed by atoms with E-state index in [9.17, 15) is 4.57 Å². The third-order valence-electron chi connectivity index (χ3n) is 2.22. The van der Waals surface area contributed by atoms with Crippen LogP contribution in [0.4, 0.5) is 0 Å². The number of nitrogens with zero attached hydrogens (tertiary/aromatic N) is 1. The van der Waals surface area contributed by atoms with E-state index in [0.29, 0.717) is 16.2 Å². The Kier molecular flexibility index (Phi) is 6.16. The third-order valence-corrected chi connectivity index (χ3v) is 9.24. The first-order valence-electron chi connectivity index (χ1n) is 5.41. The van der Waals surface area contributed by atoms with E-state index in [-0.39, 0.29) is 0 Å². The minimum Gasteiger partial charge on any atom is -0.306 e. The molecule has 0 aromatic heterocycles. The molecular formula is C9H18NO2PS3. The average Bonchev–Trinajstić information content (AvgIpc) is 2.65. The molecule has 0 aromatic rings. The van der Waals surface area contributed by atoms with Crippen LogP contribution in [0.1, 0.15) is 27.2 Å². The van der Waals surface area contributed by atoms with E-state index in [0.717, 1.165) is 18.7 Å². The Labute approximate surface area is 111 Å². The maximum absolute atomic E-state index is 12.8. The van der Waals surface area contributed by atoms with Crippen LogP contribution in [-0.2, 0) is 9.09 Å². The van der Waals surface area contributed by atoms with Gasteiger partial charge in [0.05, 0.1) is 6.61 Å². The van der Waals surface area contributed by atoms with Crippen molar-refractivity contribution in [2.45, 2.75) is 32.4 Å². The summed E-state index contributed by atoms with van der Waals surface area (Å²) in [5.74, 6) is 0.914. The lowest BCUT2D eigenvalue weighted by molar-refractivity contribution is 0.320. The van der Waals surface area contributed by atoms with Crippen LogP contribution >= 0.6 is 42.1 Å². The van der Waals surface area contributed by atoms with Gasteiger partial charge < -0.3 is 4.52 Å². The van der Waals surface area contributed by atoms with Crippen LogP contribution in [-0.4, -0.2) is 33.1 Å². The largest absolute Gasteiger partial charge is 0.354 e. The highest BCUT2D eigenvalue weighted by Gasteiger charge is 2.38. The van der Waals surface area contributed by atoms with E-state index in [1.54, 1.807) is 16.4 Å². The number of rotatable bonds is 6. The van der Waals surface area contributed by atoms with Crippen LogP contribution in [0.2, 0.25) is 0 Å². The Bertz CT molecular complexity index is 300. The molecule has 1 saturated heterocycles. The molecule has 7 heteroatoms. The summed E-state index contributed by atoms with van der Waals surface area (Å²) in [5.41, 5.74) is 0. The quantitative estimate of drug-likeness (QED) is 0.544. The summed E-state index contributed by atoms with van der Waals surface area (Å²) in [6, 6.07) is 0. The van der Waals surface area contributed by atoms with Gasteiger partial charge in [-0.1, -0.05) is 37.8 Å². The van der Waals surface area contributed by atoms with Gasteiger partial charge in [0.25, 0.3) is 0 Å². The molecule has 0 N–H and O–H groups in total. The molecule has 3 nitrogen and oxygen atoms in total. The zero-order valence-electron chi connectivity index (χ0n) is 9.84. The first-order chi connectivity index (χ1) is 7.53. The molecule has 1 heterocycles. The van der Waals surface area contributed by atoms with Crippen molar-refractivity contribution in [2.75, 3.05) is 18.9 Å². The fourth-order valence-corrected chi connectivity index (χ4v) is 8.45. The Balaban J connectivity index is 2.78. The predicted octanol–water partition coefficient (Wildman–Crippen LogP) is 4.00. The Morgan fingerprint density at radius 1 is 1.69 bits per heavy atom. The van der Waals surface area contributed by atoms with Crippen LogP contribution in [0.15, 0.2) is 0 Å². The molecule has 0 saturated carbocycles.